The summed E-state index contributed by atoms with van der Waals surface area (Å²) >= 11 is 0. The molecule has 8 aromatic rings. The van der Waals surface area contributed by atoms with Crippen LogP contribution < -0.4 is 4.74 Å². The van der Waals surface area contributed by atoms with Gasteiger partial charge in [-0.05, 0) is 118 Å². The van der Waals surface area contributed by atoms with Gasteiger partial charge in [-0.3, -0.25) is 9.97 Å². The van der Waals surface area contributed by atoms with Crippen LogP contribution in [-0.2, 0) is 0 Å². The molecule has 0 aliphatic carbocycles. The third-order valence-electron chi connectivity index (χ3n) is 10.5. The van der Waals surface area contributed by atoms with Crippen LogP contribution >= 0.6 is 0 Å². The first-order valence-electron chi connectivity index (χ1n) is 19.4. The van der Waals surface area contributed by atoms with Gasteiger partial charge in [0.15, 0.2) is 0 Å². The molecule has 0 saturated carbocycles. The highest BCUT2D eigenvalue weighted by atomic mass is 16.5. The molecule has 0 saturated heterocycles. The second-order valence-electron chi connectivity index (χ2n) is 14.2. The summed E-state index contributed by atoms with van der Waals surface area (Å²) in [6.07, 6.45) is 10.2. The number of hydrogen-bond acceptors (Lipinski definition) is 3. The summed E-state index contributed by atoms with van der Waals surface area (Å²) in [5, 5.41) is 0. The predicted molar refractivity (Wildman–Crippen MR) is 240 cm³/mol. The number of allylic oxidation sites excluding steroid dienone is 4. The van der Waals surface area contributed by atoms with Crippen LogP contribution in [-0.4, -0.2) is 17.1 Å². The molecule has 0 N–H and O–H groups in total. The maximum Gasteiger partial charge on any atom is 0.120 e. The van der Waals surface area contributed by atoms with Crippen LogP contribution in [0.5, 0.6) is 5.75 Å². The van der Waals surface area contributed by atoms with Crippen molar-refractivity contribution in [3.05, 3.63) is 206 Å². The second kappa shape index (κ2) is 16.7. The van der Waals surface area contributed by atoms with Gasteiger partial charge in [0.2, 0.25) is 0 Å². The molecular weight excluding hydrogens is 693 g/mol. The molecule has 0 spiro atoms. The van der Waals surface area contributed by atoms with E-state index < -0.39 is 0 Å². The van der Waals surface area contributed by atoms with Crippen molar-refractivity contribution >= 4 is 5.57 Å². The topological polar surface area (TPSA) is 35.0 Å². The minimum absolute atomic E-state index is 0.795. The molecule has 0 atom stereocenters. The Morgan fingerprint density at radius 1 is 0.474 bits per heavy atom. The number of hydrogen-bond donors (Lipinski definition) is 0. The van der Waals surface area contributed by atoms with Gasteiger partial charge in [-0.2, -0.15) is 0 Å². The molecule has 2 aromatic heterocycles. The van der Waals surface area contributed by atoms with Crippen molar-refractivity contribution in [3.8, 4) is 83.9 Å². The fourth-order valence-corrected chi connectivity index (χ4v) is 7.56. The normalized spacial score (nSPS) is 11.5. The summed E-state index contributed by atoms with van der Waals surface area (Å²) in [5.74, 6) is 0.795. The zero-order valence-corrected chi connectivity index (χ0v) is 32.8. The van der Waals surface area contributed by atoms with Crippen molar-refractivity contribution < 1.29 is 4.74 Å². The average molecular weight is 737 g/mol. The monoisotopic (exact) mass is 736 g/mol. The van der Waals surface area contributed by atoms with Crippen LogP contribution in [0.1, 0.15) is 25.0 Å². The fourth-order valence-electron chi connectivity index (χ4n) is 7.56. The van der Waals surface area contributed by atoms with Crippen molar-refractivity contribution in [1.82, 2.24) is 9.97 Å². The Morgan fingerprint density at radius 2 is 0.965 bits per heavy atom. The standard InChI is InChI=1S/C54H44N2O/c1-5-6-17-37(2)51-35-55-53(30-38(51)3)42-28-26-40(27-29-42)46-22-13-14-23-47(46)43-31-44(33-45(32-43)57-4)48-24-15-16-25-49(48)52-36-56-54(41-20-11-8-12-21-41)34-50(52)39-18-9-7-10-19-39/h5-36H,1-4H3/b6-5-,37-17+. The lowest BCUT2D eigenvalue weighted by atomic mass is 9.88. The minimum Gasteiger partial charge on any atom is -0.497 e. The van der Waals surface area contributed by atoms with Crippen LogP contribution in [0, 0.1) is 6.92 Å². The molecule has 276 valence electrons. The molecule has 57 heavy (non-hydrogen) atoms. The maximum absolute atomic E-state index is 5.98. The van der Waals surface area contributed by atoms with Crippen LogP contribution in [0.25, 0.3) is 83.7 Å². The molecule has 2 heterocycles. The summed E-state index contributed by atoms with van der Waals surface area (Å²) in [6.45, 7) is 6.31. The first-order valence-corrected chi connectivity index (χ1v) is 19.4. The van der Waals surface area contributed by atoms with Gasteiger partial charge < -0.3 is 4.74 Å². The smallest absolute Gasteiger partial charge is 0.120 e. The number of aromatic nitrogens is 2. The van der Waals surface area contributed by atoms with Gasteiger partial charge in [0.1, 0.15) is 5.75 Å². The van der Waals surface area contributed by atoms with E-state index in [1.807, 2.05) is 31.5 Å². The highest BCUT2D eigenvalue weighted by Crippen LogP contribution is 2.42. The number of rotatable bonds is 10. The number of ether oxygens (including phenoxy) is 1. The first kappa shape index (κ1) is 36.9. The molecule has 0 radical (unpaired) electrons. The van der Waals surface area contributed by atoms with Gasteiger partial charge in [0.25, 0.3) is 0 Å². The summed E-state index contributed by atoms with van der Waals surface area (Å²) in [5.41, 5.74) is 18.8. The molecule has 3 nitrogen and oxygen atoms in total. The van der Waals surface area contributed by atoms with Crippen LogP contribution in [0.2, 0.25) is 0 Å². The zero-order chi connectivity index (χ0) is 39.1. The third kappa shape index (κ3) is 7.87. The van der Waals surface area contributed by atoms with Crippen LogP contribution in [0.4, 0.5) is 0 Å². The molecule has 0 aliphatic heterocycles. The fraction of sp³-hybridized carbons (Fsp3) is 0.0741. The van der Waals surface area contributed by atoms with Crippen molar-refractivity contribution in [1.29, 1.82) is 0 Å². The van der Waals surface area contributed by atoms with E-state index in [0.717, 1.165) is 89.5 Å². The van der Waals surface area contributed by atoms with E-state index in [4.69, 9.17) is 14.7 Å². The number of methoxy groups -OCH3 is 1. The summed E-state index contributed by atoms with van der Waals surface area (Å²) in [4.78, 5) is 9.86. The van der Waals surface area contributed by atoms with Crippen LogP contribution in [0.3, 0.4) is 0 Å². The lowest BCUT2D eigenvalue weighted by Crippen LogP contribution is -1.94. The van der Waals surface area contributed by atoms with E-state index in [1.165, 1.54) is 11.1 Å². The highest BCUT2D eigenvalue weighted by Gasteiger charge is 2.17. The van der Waals surface area contributed by atoms with Crippen LogP contribution in [0.15, 0.2) is 194 Å². The van der Waals surface area contributed by atoms with Gasteiger partial charge in [-0.1, -0.05) is 152 Å². The summed E-state index contributed by atoms with van der Waals surface area (Å²) in [6, 6.07) is 57.8. The molecule has 0 amide bonds. The Kier molecular flexibility index (Phi) is 10.8. The molecule has 3 heteroatoms. The number of aryl methyl sites for hydroxylation is 1. The summed E-state index contributed by atoms with van der Waals surface area (Å²) < 4.78 is 5.98. The molecule has 8 rings (SSSR count). The van der Waals surface area contributed by atoms with Gasteiger partial charge in [0, 0.05) is 29.1 Å². The number of nitrogens with zero attached hydrogens (tertiary/aromatic N) is 2. The Balaban J connectivity index is 1.18. The van der Waals surface area contributed by atoms with E-state index in [1.54, 1.807) is 7.11 Å². The lowest BCUT2D eigenvalue weighted by molar-refractivity contribution is 0.415. The average Bonchev–Trinajstić information content (AvgIpc) is 3.28. The Morgan fingerprint density at radius 3 is 1.58 bits per heavy atom. The molecule has 6 aromatic carbocycles. The van der Waals surface area contributed by atoms with E-state index in [2.05, 4.69) is 184 Å². The van der Waals surface area contributed by atoms with E-state index in [9.17, 15) is 0 Å². The molecule has 0 unspecified atom stereocenters. The van der Waals surface area contributed by atoms with Gasteiger partial charge in [0.05, 0.1) is 18.5 Å². The molecule has 0 bridgehead atoms. The predicted octanol–water partition coefficient (Wildman–Crippen LogP) is 14.4. The lowest BCUT2D eigenvalue weighted by Gasteiger charge is -2.18. The van der Waals surface area contributed by atoms with E-state index in [0.29, 0.717) is 0 Å². The Labute approximate surface area is 336 Å². The summed E-state index contributed by atoms with van der Waals surface area (Å²) in [7, 11) is 1.74. The number of benzene rings is 6. The molecular formula is C54H44N2O. The zero-order valence-electron chi connectivity index (χ0n) is 32.8. The van der Waals surface area contributed by atoms with Crippen molar-refractivity contribution in [2.24, 2.45) is 0 Å². The maximum atomic E-state index is 5.98. The first-order chi connectivity index (χ1) is 28.0. The largest absolute Gasteiger partial charge is 0.497 e. The Bertz CT molecular complexity index is 2730. The third-order valence-corrected chi connectivity index (χ3v) is 10.5. The van der Waals surface area contributed by atoms with Gasteiger partial charge in [-0.25, -0.2) is 0 Å². The van der Waals surface area contributed by atoms with Gasteiger partial charge in [-0.15, -0.1) is 0 Å². The van der Waals surface area contributed by atoms with Crippen molar-refractivity contribution in [3.63, 3.8) is 0 Å². The van der Waals surface area contributed by atoms with Crippen molar-refractivity contribution in [2.75, 3.05) is 7.11 Å². The SMILES string of the molecule is C/C=C\C=C(/C)c1cnc(-c2ccc(-c3ccccc3-c3cc(OC)cc(-c4ccccc4-c4cnc(-c5ccccc5)cc4-c4ccccc4)c3)cc2)cc1C. The number of pyridine rings is 2. The van der Waals surface area contributed by atoms with E-state index >= 15 is 0 Å². The second-order valence-corrected chi connectivity index (χ2v) is 14.2. The molecule has 0 fully saturated rings. The minimum atomic E-state index is 0.795. The highest BCUT2D eigenvalue weighted by molar-refractivity contribution is 5.94. The quantitative estimate of drug-likeness (QED) is 0.131. The van der Waals surface area contributed by atoms with E-state index in [-0.39, 0.29) is 0 Å². The molecule has 0 aliphatic rings. The van der Waals surface area contributed by atoms with Gasteiger partial charge >= 0.3 is 0 Å². The van der Waals surface area contributed by atoms with Crippen molar-refractivity contribution in [2.45, 2.75) is 20.8 Å². The Hall–Kier alpha value is -7.10.